The van der Waals surface area contributed by atoms with Gasteiger partial charge in [-0.15, -0.1) is 0 Å². The highest BCUT2D eigenvalue weighted by atomic mass is 16.8. The van der Waals surface area contributed by atoms with Crippen LogP contribution in [0.4, 0.5) is 0 Å². The van der Waals surface area contributed by atoms with Crippen molar-refractivity contribution in [3.63, 3.8) is 0 Å². The van der Waals surface area contributed by atoms with E-state index in [0.717, 1.165) is 0 Å². The second kappa shape index (κ2) is 9.30. The normalized spacial score (nSPS) is 43.0. The molecular weight excluding hydrogens is 480 g/mol. The lowest BCUT2D eigenvalue weighted by Crippen LogP contribution is -2.60. The quantitative estimate of drug-likeness (QED) is 0.121. The standard InChI is InChI=1S/C24H28O12/c1-24-16-11(6-7-32-22(16)35-23-19(31)18(30)17(29)14(9-25)33-23)20(21(24)36-24)34-15(28)5-3-10-2-4-12(26)13(27)8-10/h2-8,11,14,16-23,25-27,29-31H,9H2,1H3/b5-3+/t11-,14-,16-,17-,18+,19-,20+,21+,22+,23+,24-/m1/s1. The van der Waals surface area contributed by atoms with Gasteiger partial charge >= 0.3 is 5.97 Å². The maximum absolute atomic E-state index is 12.6. The number of carbonyl (C=O) groups excluding carboxylic acids is 1. The van der Waals surface area contributed by atoms with Gasteiger partial charge in [-0.3, -0.25) is 0 Å². The van der Waals surface area contributed by atoms with Crippen LogP contribution in [0.3, 0.4) is 0 Å². The predicted molar refractivity (Wildman–Crippen MR) is 118 cm³/mol. The molecule has 1 saturated carbocycles. The van der Waals surface area contributed by atoms with Crippen LogP contribution in [0, 0.1) is 11.8 Å². The Morgan fingerprint density at radius 3 is 2.61 bits per heavy atom. The summed E-state index contributed by atoms with van der Waals surface area (Å²) in [5.74, 6) is -2.05. The minimum atomic E-state index is -1.60. The molecule has 0 spiro atoms. The maximum Gasteiger partial charge on any atom is 0.331 e. The zero-order valence-electron chi connectivity index (χ0n) is 19.2. The van der Waals surface area contributed by atoms with Crippen LogP contribution in [-0.2, 0) is 28.5 Å². The highest BCUT2D eigenvalue weighted by Gasteiger charge is 2.75. The third-order valence-electron chi connectivity index (χ3n) is 7.23. The van der Waals surface area contributed by atoms with Crippen molar-refractivity contribution >= 4 is 12.0 Å². The van der Waals surface area contributed by atoms with Crippen LogP contribution in [0.5, 0.6) is 11.5 Å². The molecular formula is C24H28O12. The monoisotopic (exact) mass is 508 g/mol. The first kappa shape index (κ1) is 25.0. The molecule has 196 valence electrons. The highest BCUT2D eigenvalue weighted by molar-refractivity contribution is 5.87. The Morgan fingerprint density at radius 1 is 1.11 bits per heavy atom. The number of fused-ring (bicyclic) bond motifs is 3. The number of ether oxygens (including phenoxy) is 5. The number of esters is 1. The Morgan fingerprint density at radius 2 is 1.89 bits per heavy atom. The average molecular weight is 508 g/mol. The van der Waals surface area contributed by atoms with Gasteiger partial charge in [0.2, 0.25) is 6.29 Å². The van der Waals surface area contributed by atoms with Crippen molar-refractivity contribution in [3.8, 4) is 11.5 Å². The van der Waals surface area contributed by atoms with Crippen molar-refractivity contribution in [3.05, 3.63) is 42.2 Å². The van der Waals surface area contributed by atoms with Crippen molar-refractivity contribution in [2.45, 2.75) is 61.7 Å². The Bertz CT molecular complexity index is 1060. The number of phenolic OH excluding ortho intramolecular Hbond substituents is 2. The average Bonchev–Trinajstić information content (AvgIpc) is 3.48. The van der Waals surface area contributed by atoms with E-state index in [1.807, 2.05) is 6.92 Å². The summed E-state index contributed by atoms with van der Waals surface area (Å²) in [6.07, 6.45) is -3.60. The van der Waals surface area contributed by atoms with E-state index in [1.54, 1.807) is 6.08 Å². The van der Waals surface area contributed by atoms with E-state index in [2.05, 4.69) is 0 Å². The first-order chi connectivity index (χ1) is 17.1. The molecule has 0 unspecified atom stereocenters. The molecule has 0 aromatic heterocycles. The third-order valence-corrected chi connectivity index (χ3v) is 7.23. The first-order valence-electron chi connectivity index (χ1n) is 11.5. The molecule has 0 radical (unpaired) electrons. The Hall–Kier alpha value is -2.71. The van der Waals surface area contributed by atoms with Gasteiger partial charge in [0.1, 0.15) is 42.2 Å². The molecule has 1 aromatic carbocycles. The zero-order chi connectivity index (χ0) is 25.8. The van der Waals surface area contributed by atoms with Crippen molar-refractivity contribution in [1.82, 2.24) is 0 Å². The lowest BCUT2D eigenvalue weighted by atomic mass is 9.86. The van der Waals surface area contributed by atoms with Crippen LogP contribution in [-0.4, -0.2) is 98.0 Å². The van der Waals surface area contributed by atoms with Gasteiger partial charge in [-0.05, 0) is 36.8 Å². The van der Waals surface area contributed by atoms with Gasteiger partial charge in [0.25, 0.3) is 0 Å². The molecule has 0 bridgehead atoms. The van der Waals surface area contributed by atoms with Crippen molar-refractivity contribution < 1.29 is 59.1 Å². The lowest BCUT2D eigenvalue weighted by molar-refractivity contribution is -0.344. The third kappa shape index (κ3) is 4.24. The van der Waals surface area contributed by atoms with Gasteiger partial charge in [-0.25, -0.2) is 4.79 Å². The summed E-state index contributed by atoms with van der Waals surface area (Å²) >= 11 is 0. The molecule has 11 atom stereocenters. The van der Waals surface area contributed by atoms with Gasteiger partial charge in [-0.1, -0.05) is 6.07 Å². The number of epoxide rings is 1. The second-order valence-electron chi connectivity index (χ2n) is 9.47. The Labute approximate surface area is 205 Å². The molecule has 12 heteroatoms. The number of hydrogen-bond donors (Lipinski definition) is 6. The molecule has 4 aliphatic rings. The van der Waals surface area contributed by atoms with Gasteiger partial charge in [0, 0.05) is 12.0 Å². The fourth-order valence-corrected chi connectivity index (χ4v) is 5.22. The van der Waals surface area contributed by atoms with Crippen LogP contribution in [0.25, 0.3) is 6.08 Å². The molecule has 6 N–H and O–H groups in total. The summed E-state index contributed by atoms with van der Waals surface area (Å²) in [6, 6.07) is 4.12. The summed E-state index contributed by atoms with van der Waals surface area (Å²) in [5.41, 5.74) is -0.274. The molecule has 0 amide bonds. The van der Waals surface area contributed by atoms with Crippen LogP contribution < -0.4 is 0 Å². The number of rotatable bonds is 6. The van der Waals surface area contributed by atoms with Crippen molar-refractivity contribution in [1.29, 1.82) is 0 Å². The minimum absolute atomic E-state index is 0.274. The summed E-state index contributed by atoms with van der Waals surface area (Å²) in [7, 11) is 0. The highest BCUT2D eigenvalue weighted by Crippen LogP contribution is 2.60. The van der Waals surface area contributed by atoms with Crippen LogP contribution in [0.15, 0.2) is 36.6 Å². The van der Waals surface area contributed by atoms with E-state index < -0.39 is 73.3 Å². The zero-order valence-corrected chi connectivity index (χ0v) is 19.2. The van der Waals surface area contributed by atoms with Crippen LogP contribution in [0.1, 0.15) is 12.5 Å². The molecule has 3 fully saturated rings. The number of aromatic hydroxyl groups is 2. The van der Waals surface area contributed by atoms with Gasteiger partial charge in [0.05, 0.1) is 18.8 Å². The van der Waals surface area contributed by atoms with Crippen molar-refractivity contribution in [2.24, 2.45) is 11.8 Å². The largest absolute Gasteiger partial charge is 0.504 e. The van der Waals surface area contributed by atoms with E-state index in [4.69, 9.17) is 23.7 Å². The first-order valence-corrected chi connectivity index (χ1v) is 11.5. The molecule has 1 aromatic rings. The molecule has 1 aliphatic carbocycles. The van der Waals surface area contributed by atoms with Crippen molar-refractivity contribution in [2.75, 3.05) is 6.61 Å². The summed E-state index contributed by atoms with van der Waals surface area (Å²) in [4.78, 5) is 12.6. The van der Waals surface area contributed by atoms with E-state index in [1.165, 1.54) is 36.6 Å². The van der Waals surface area contributed by atoms with E-state index in [9.17, 15) is 35.4 Å². The predicted octanol–water partition coefficient (Wildman–Crippen LogP) is -0.887. The topological polar surface area (TPSA) is 188 Å². The smallest absolute Gasteiger partial charge is 0.331 e. The number of benzene rings is 1. The van der Waals surface area contributed by atoms with E-state index in [-0.39, 0.29) is 17.4 Å². The fourth-order valence-electron chi connectivity index (χ4n) is 5.22. The fraction of sp³-hybridized carbons (Fsp3) is 0.542. The van der Waals surface area contributed by atoms with Gasteiger partial charge < -0.3 is 54.3 Å². The Kier molecular flexibility index (Phi) is 6.45. The molecule has 3 aliphatic heterocycles. The van der Waals surface area contributed by atoms with Gasteiger partial charge in [-0.2, -0.15) is 0 Å². The molecule has 2 saturated heterocycles. The second-order valence-corrected chi connectivity index (χ2v) is 9.47. The number of aliphatic hydroxyl groups is 4. The number of hydrogen-bond acceptors (Lipinski definition) is 12. The van der Waals surface area contributed by atoms with E-state index >= 15 is 0 Å². The maximum atomic E-state index is 12.6. The summed E-state index contributed by atoms with van der Waals surface area (Å²) < 4.78 is 28.5. The number of aliphatic hydroxyl groups excluding tert-OH is 4. The Balaban J connectivity index is 1.27. The lowest BCUT2D eigenvalue weighted by Gasteiger charge is -2.43. The summed E-state index contributed by atoms with van der Waals surface area (Å²) in [6.45, 7) is 1.23. The molecule has 36 heavy (non-hydrogen) atoms. The molecule has 12 nitrogen and oxygen atoms in total. The number of carbonyl (C=O) groups is 1. The molecule has 3 heterocycles. The number of phenols is 2. The van der Waals surface area contributed by atoms with Crippen LogP contribution in [0.2, 0.25) is 0 Å². The summed E-state index contributed by atoms with van der Waals surface area (Å²) in [5, 5.41) is 58.8. The van der Waals surface area contributed by atoms with Crippen LogP contribution >= 0.6 is 0 Å². The van der Waals surface area contributed by atoms with E-state index in [0.29, 0.717) is 5.56 Å². The minimum Gasteiger partial charge on any atom is -0.504 e. The van der Waals surface area contributed by atoms with Gasteiger partial charge in [0.15, 0.2) is 17.8 Å². The SMILES string of the molecule is C[C@]12O[C@H]1[C@@H](OC(=O)/C=C/c1ccc(O)c(O)c1)[C@@H]1C=CO[C@@H](O[C@@H]3O[C@H](CO)[C@@H](O)[C@H](O)[C@H]3O)[C@@H]12. The molecule has 5 rings (SSSR count).